The Morgan fingerprint density at radius 1 is 0.688 bits per heavy atom. The summed E-state index contributed by atoms with van der Waals surface area (Å²) in [5.41, 5.74) is 4.71. The molecule has 0 aromatic carbocycles. The van der Waals surface area contributed by atoms with Gasteiger partial charge >= 0.3 is 0 Å². The summed E-state index contributed by atoms with van der Waals surface area (Å²) in [4.78, 5) is 11.7. The highest BCUT2D eigenvalue weighted by molar-refractivity contribution is 5.96. The van der Waals surface area contributed by atoms with Gasteiger partial charge in [0.25, 0.3) is 0 Å². The number of allylic oxidation sites excluding steroid dienone is 17. The van der Waals surface area contributed by atoms with Crippen LogP contribution in [0.2, 0.25) is 0 Å². The first-order chi connectivity index (χ1) is 14.9. The number of rotatable bonds is 12. The van der Waals surface area contributed by atoms with Gasteiger partial charge in [0.2, 0.25) is 0 Å². The Balaban J connectivity index is 4.67. The summed E-state index contributed by atoms with van der Waals surface area (Å²) >= 11 is 0. The van der Waals surface area contributed by atoms with Crippen LogP contribution in [0.15, 0.2) is 107 Å². The molecule has 0 atom stereocenters. The predicted molar refractivity (Wildman–Crippen MR) is 142 cm³/mol. The third-order valence-electron chi connectivity index (χ3n) is 4.48. The number of hydrogen-bond donors (Lipinski definition) is 1. The first-order valence-corrected chi connectivity index (χ1v) is 11.2. The van der Waals surface area contributed by atoms with Crippen molar-refractivity contribution in [2.45, 2.75) is 73.8 Å². The molecule has 0 fully saturated rings. The molecule has 32 heavy (non-hydrogen) atoms. The van der Waals surface area contributed by atoms with Crippen molar-refractivity contribution in [2.24, 2.45) is 0 Å². The normalized spacial score (nSPS) is 15.0. The van der Waals surface area contributed by atoms with Crippen LogP contribution in [0.3, 0.4) is 0 Å². The zero-order chi connectivity index (χ0) is 24.6. The fraction of sp³-hybridized carbons (Fsp3) is 0.367. The van der Waals surface area contributed by atoms with E-state index in [0.29, 0.717) is 0 Å². The second-order valence-electron chi connectivity index (χ2n) is 8.92. The Labute approximate surface area is 196 Å². The maximum Gasteiger partial charge on any atom is 0.186 e. The van der Waals surface area contributed by atoms with Crippen LogP contribution in [0.4, 0.5) is 0 Å². The molecule has 0 radical (unpaired) electrons. The number of carbonyl (C=O) groups is 1. The van der Waals surface area contributed by atoms with Crippen LogP contribution in [0.25, 0.3) is 0 Å². The van der Waals surface area contributed by atoms with Crippen LogP contribution in [-0.2, 0) is 4.79 Å². The lowest BCUT2D eigenvalue weighted by Gasteiger charge is -2.11. The molecule has 174 valence electrons. The van der Waals surface area contributed by atoms with E-state index in [9.17, 15) is 9.90 Å². The Kier molecular flexibility index (Phi) is 14.6. The van der Waals surface area contributed by atoms with Crippen molar-refractivity contribution in [1.29, 1.82) is 0 Å². The van der Waals surface area contributed by atoms with Gasteiger partial charge in [-0.15, -0.1) is 0 Å². The Morgan fingerprint density at radius 2 is 1.16 bits per heavy atom. The summed E-state index contributed by atoms with van der Waals surface area (Å²) in [6.07, 6.45) is 28.1. The Hall–Kier alpha value is -2.71. The SMILES string of the molecule is CC(C)=CCCC(C)=CC=CC(C)=CC=CC(C)=CC=CC=C(C)C=CC(=O)C(C)(C)O. The van der Waals surface area contributed by atoms with E-state index < -0.39 is 5.60 Å². The fourth-order valence-corrected chi connectivity index (χ4v) is 2.38. The van der Waals surface area contributed by atoms with Gasteiger partial charge in [-0.3, -0.25) is 4.79 Å². The van der Waals surface area contributed by atoms with Crippen LogP contribution >= 0.6 is 0 Å². The largest absolute Gasteiger partial charge is 0.382 e. The van der Waals surface area contributed by atoms with Gasteiger partial charge in [0, 0.05) is 0 Å². The molecule has 1 N–H and O–H groups in total. The summed E-state index contributed by atoms with van der Waals surface area (Å²) in [7, 11) is 0. The molecule has 0 heterocycles. The Bertz CT molecular complexity index is 866. The van der Waals surface area contributed by atoms with Crippen molar-refractivity contribution in [3.05, 3.63) is 107 Å². The van der Waals surface area contributed by atoms with Gasteiger partial charge < -0.3 is 5.11 Å². The highest BCUT2D eigenvalue weighted by atomic mass is 16.3. The van der Waals surface area contributed by atoms with Gasteiger partial charge in [-0.1, -0.05) is 101 Å². The van der Waals surface area contributed by atoms with Gasteiger partial charge in [0.15, 0.2) is 5.78 Å². The second kappa shape index (κ2) is 16.0. The maximum atomic E-state index is 11.7. The maximum absolute atomic E-state index is 11.7. The quantitative estimate of drug-likeness (QED) is 0.191. The van der Waals surface area contributed by atoms with Crippen molar-refractivity contribution in [1.82, 2.24) is 0 Å². The van der Waals surface area contributed by atoms with Gasteiger partial charge in [-0.2, -0.15) is 0 Å². The highest BCUT2D eigenvalue weighted by Crippen LogP contribution is 2.08. The molecule has 0 aliphatic rings. The summed E-state index contributed by atoms with van der Waals surface area (Å²) in [5.74, 6) is -0.307. The van der Waals surface area contributed by atoms with Crippen molar-refractivity contribution < 1.29 is 9.90 Å². The molecule has 0 unspecified atom stereocenters. The fourth-order valence-electron chi connectivity index (χ4n) is 2.38. The molecule has 2 nitrogen and oxygen atoms in total. The van der Waals surface area contributed by atoms with E-state index in [4.69, 9.17) is 0 Å². The number of carbonyl (C=O) groups excluding carboxylic acids is 1. The van der Waals surface area contributed by atoms with Gasteiger partial charge in [0.1, 0.15) is 5.60 Å². The molecular formula is C30H42O2. The van der Waals surface area contributed by atoms with E-state index in [2.05, 4.69) is 77.2 Å². The summed E-state index contributed by atoms with van der Waals surface area (Å²) in [6, 6.07) is 0. The molecule has 0 spiro atoms. The van der Waals surface area contributed by atoms with Crippen LogP contribution in [0.5, 0.6) is 0 Å². The lowest BCUT2D eigenvalue weighted by atomic mass is 10.0. The average molecular weight is 435 g/mol. The lowest BCUT2D eigenvalue weighted by molar-refractivity contribution is -0.128. The molecular weight excluding hydrogens is 392 g/mol. The van der Waals surface area contributed by atoms with Crippen LogP contribution in [0, 0.1) is 0 Å². The minimum Gasteiger partial charge on any atom is -0.382 e. The number of aliphatic hydroxyl groups is 1. The molecule has 0 aromatic rings. The van der Waals surface area contributed by atoms with Crippen molar-refractivity contribution in [3.63, 3.8) is 0 Å². The van der Waals surface area contributed by atoms with E-state index in [1.807, 2.05) is 31.2 Å². The summed E-state index contributed by atoms with van der Waals surface area (Å²) < 4.78 is 0. The molecule has 0 bridgehead atoms. The minimum absolute atomic E-state index is 0.307. The first kappa shape index (κ1) is 29.3. The summed E-state index contributed by atoms with van der Waals surface area (Å²) in [6.45, 7) is 15.5. The molecule has 0 amide bonds. The average Bonchev–Trinajstić information content (AvgIpc) is 2.68. The second-order valence-corrected chi connectivity index (χ2v) is 8.92. The van der Waals surface area contributed by atoms with Crippen LogP contribution in [-0.4, -0.2) is 16.5 Å². The monoisotopic (exact) mass is 434 g/mol. The molecule has 0 saturated heterocycles. The first-order valence-electron chi connectivity index (χ1n) is 11.2. The topological polar surface area (TPSA) is 37.3 Å². The van der Waals surface area contributed by atoms with Gasteiger partial charge in [-0.25, -0.2) is 0 Å². The van der Waals surface area contributed by atoms with Crippen LogP contribution < -0.4 is 0 Å². The molecule has 2 heteroatoms. The van der Waals surface area contributed by atoms with Crippen molar-refractivity contribution in [3.8, 4) is 0 Å². The number of hydrogen-bond acceptors (Lipinski definition) is 2. The standard InChI is InChI=1S/C30H42O2/c1-24(2)14-11-17-26(4)19-13-21-27(5)20-12-18-25(3)15-9-10-16-28(6)22-23-29(31)30(7,8)32/h9-10,12-16,18-23,32H,11,17H2,1-8H3. The van der Waals surface area contributed by atoms with E-state index in [0.717, 1.165) is 24.0 Å². The number of ketones is 1. The smallest absolute Gasteiger partial charge is 0.186 e. The summed E-state index contributed by atoms with van der Waals surface area (Å²) in [5, 5.41) is 9.63. The van der Waals surface area contributed by atoms with Gasteiger partial charge in [-0.05, 0) is 74.3 Å². The third kappa shape index (κ3) is 17.0. The van der Waals surface area contributed by atoms with Crippen LogP contribution in [0.1, 0.15) is 68.2 Å². The zero-order valence-electron chi connectivity index (χ0n) is 21.3. The van der Waals surface area contributed by atoms with E-state index in [1.54, 1.807) is 6.08 Å². The third-order valence-corrected chi connectivity index (χ3v) is 4.48. The van der Waals surface area contributed by atoms with E-state index in [1.165, 1.54) is 36.6 Å². The molecule has 0 aromatic heterocycles. The van der Waals surface area contributed by atoms with Crippen molar-refractivity contribution in [2.75, 3.05) is 0 Å². The lowest BCUT2D eigenvalue weighted by Crippen LogP contribution is -2.29. The van der Waals surface area contributed by atoms with E-state index >= 15 is 0 Å². The molecule has 0 aliphatic heterocycles. The van der Waals surface area contributed by atoms with E-state index in [-0.39, 0.29) is 5.78 Å². The predicted octanol–water partition coefficient (Wildman–Crippen LogP) is 8.08. The zero-order valence-corrected chi connectivity index (χ0v) is 21.3. The minimum atomic E-state index is -1.33. The van der Waals surface area contributed by atoms with Crippen molar-refractivity contribution >= 4 is 5.78 Å². The Morgan fingerprint density at radius 3 is 1.66 bits per heavy atom. The molecule has 0 saturated carbocycles. The molecule has 0 aliphatic carbocycles. The molecule has 0 rings (SSSR count). The highest BCUT2D eigenvalue weighted by Gasteiger charge is 2.20. The van der Waals surface area contributed by atoms with Gasteiger partial charge in [0.05, 0.1) is 0 Å².